The highest BCUT2D eigenvalue weighted by Crippen LogP contribution is 2.48. The second-order valence-electron chi connectivity index (χ2n) is 5.79. The van der Waals surface area contributed by atoms with E-state index >= 15 is 0 Å². The number of hydrogen-bond acceptors (Lipinski definition) is 2. The Balaban J connectivity index is 1.80. The van der Waals surface area contributed by atoms with Crippen LogP contribution in [-0.2, 0) is 9.59 Å². The lowest BCUT2D eigenvalue weighted by molar-refractivity contribution is -0.146. The van der Waals surface area contributed by atoms with Crippen LogP contribution in [0, 0.1) is 30.6 Å². The van der Waals surface area contributed by atoms with Crippen molar-refractivity contribution in [2.45, 2.75) is 13.3 Å². The Kier molecular flexibility index (Phi) is 3.61. The number of anilines is 1. The molecule has 110 valence electrons. The van der Waals surface area contributed by atoms with Gasteiger partial charge in [0.1, 0.15) is 0 Å². The first-order valence-electron chi connectivity index (χ1n) is 6.95. The van der Waals surface area contributed by atoms with E-state index in [1.54, 1.807) is 0 Å². The smallest absolute Gasteiger partial charge is 0.307 e. The largest absolute Gasteiger partial charge is 0.481 e. The Morgan fingerprint density at radius 3 is 2.52 bits per heavy atom. The van der Waals surface area contributed by atoms with Crippen molar-refractivity contribution < 1.29 is 14.7 Å². The van der Waals surface area contributed by atoms with Crippen LogP contribution in [0.4, 0.5) is 5.69 Å². The number of carboxylic acid groups (broad SMARTS) is 1. The topological polar surface area (TPSA) is 66.4 Å². The Morgan fingerprint density at radius 2 is 1.90 bits per heavy atom. The SMILES string of the molecule is Cc1cc(NC(=O)[C@H]2C3C=CC(C3)[C@H]2C(=O)O)ccc1Br. The first-order chi connectivity index (χ1) is 9.97. The van der Waals surface area contributed by atoms with Crippen LogP contribution < -0.4 is 5.32 Å². The standard InChI is InChI=1S/C16H16BrNO3/c1-8-6-11(4-5-12(8)17)18-15(19)13-9-2-3-10(7-9)14(13)16(20)21/h2-6,9-10,13-14H,7H2,1H3,(H,18,19)(H,20,21)/t9?,10?,13-,14+/m0/s1. The van der Waals surface area contributed by atoms with Gasteiger partial charge < -0.3 is 10.4 Å². The Hall–Kier alpha value is -1.62. The number of amides is 1. The van der Waals surface area contributed by atoms with E-state index < -0.39 is 17.8 Å². The lowest BCUT2D eigenvalue weighted by atomic mass is 9.82. The number of fused-ring (bicyclic) bond motifs is 2. The van der Waals surface area contributed by atoms with E-state index in [2.05, 4.69) is 21.2 Å². The van der Waals surface area contributed by atoms with Crippen molar-refractivity contribution in [2.24, 2.45) is 23.7 Å². The van der Waals surface area contributed by atoms with Crippen molar-refractivity contribution in [1.82, 2.24) is 0 Å². The van der Waals surface area contributed by atoms with E-state index in [1.165, 1.54) is 0 Å². The molecule has 0 aromatic heterocycles. The molecule has 0 aliphatic heterocycles. The second kappa shape index (κ2) is 5.30. The second-order valence-corrected chi connectivity index (χ2v) is 6.65. The molecule has 1 aromatic carbocycles. The number of nitrogens with one attached hydrogen (secondary N) is 1. The van der Waals surface area contributed by atoms with E-state index in [-0.39, 0.29) is 17.7 Å². The number of carbonyl (C=O) groups is 2. The molecule has 1 saturated carbocycles. The number of carbonyl (C=O) groups excluding carboxylic acids is 1. The maximum Gasteiger partial charge on any atom is 0.307 e. The van der Waals surface area contributed by atoms with Crippen molar-refractivity contribution in [3.05, 3.63) is 40.4 Å². The third kappa shape index (κ3) is 2.50. The number of carboxylic acids is 1. The average molecular weight is 350 g/mol. The summed E-state index contributed by atoms with van der Waals surface area (Å²) >= 11 is 3.42. The number of aryl methyl sites for hydroxylation is 1. The van der Waals surface area contributed by atoms with Gasteiger partial charge in [0.2, 0.25) is 5.91 Å². The van der Waals surface area contributed by atoms with E-state index in [0.717, 1.165) is 16.5 Å². The molecule has 2 bridgehead atoms. The van der Waals surface area contributed by atoms with Crippen LogP contribution in [0.2, 0.25) is 0 Å². The van der Waals surface area contributed by atoms with E-state index in [9.17, 15) is 14.7 Å². The number of allylic oxidation sites excluding steroid dienone is 2. The number of rotatable bonds is 3. The van der Waals surface area contributed by atoms with Gasteiger partial charge in [0.25, 0.3) is 0 Å². The molecular weight excluding hydrogens is 334 g/mol. The molecule has 0 saturated heterocycles. The van der Waals surface area contributed by atoms with Crippen LogP contribution in [0.5, 0.6) is 0 Å². The van der Waals surface area contributed by atoms with Crippen LogP contribution in [0.1, 0.15) is 12.0 Å². The first kappa shape index (κ1) is 14.3. The van der Waals surface area contributed by atoms with Gasteiger partial charge in [0.15, 0.2) is 0 Å². The van der Waals surface area contributed by atoms with Gasteiger partial charge in [-0.15, -0.1) is 0 Å². The number of benzene rings is 1. The maximum atomic E-state index is 12.5. The van der Waals surface area contributed by atoms with Crippen LogP contribution in [-0.4, -0.2) is 17.0 Å². The lowest BCUT2D eigenvalue weighted by Crippen LogP contribution is -2.36. The summed E-state index contributed by atoms with van der Waals surface area (Å²) in [5.74, 6) is -2.10. The summed E-state index contributed by atoms with van der Waals surface area (Å²) in [7, 11) is 0. The normalized spacial score (nSPS) is 29.6. The quantitative estimate of drug-likeness (QED) is 0.823. The zero-order chi connectivity index (χ0) is 15.1. The van der Waals surface area contributed by atoms with Gasteiger partial charge in [-0.1, -0.05) is 28.1 Å². The fourth-order valence-electron chi connectivity index (χ4n) is 3.46. The molecule has 2 unspecified atom stereocenters. The fourth-order valence-corrected chi connectivity index (χ4v) is 3.71. The maximum absolute atomic E-state index is 12.5. The third-order valence-electron chi connectivity index (χ3n) is 4.47. The van der Waals surface area contributed by atoms with Gasteiger partial charge in [-0.25, -0.2) is 0 Å². The predicted octanol–water partition coefficient (Wildman–Crippen LogP) is 3.22. The fraction of sp³-hybridized carbons (Fsp3) is 0.375. The highest BCUT2D eigenvalue weighted by Gasteiger charge is 2.51. The highest BCUT2D eigenvalue weighted by atomic mass is 79.9. The summed E-state index contributed by atoms with van der Waals surface area (Å²) in [6.45, 7) is 1.94. The summed E-state index contributed by atoms with van der Waals surface area (Å²) < 4.78 is 0.978. The van der Waals surface area contributed by atoms with E-state index in [1.807, 2.05) is 37.3 Å². The molecule has 0 heterocycles. The summed E-state index contributed by atoms with van der Waals surface area (Å²) in [5.41, 5.74) is 1.73. The zero-order valence-electron chi connectivity index (χ0n) is 11.5. The Bertz CT molecular complexity index is 640. The van der Waals surface area contributed by atoms with Gasteiger partial charge in [0, 0.05) is 10.2 Å². The predicted molar refractivity (Wildman–Crippen MR) is 82.9 cm³/mol. The minimum atomic E-state index is -0.876. The molecule has 2 aliphatic carbocycles. The molecule has 2 aliphatic rings. The van der Waals surface area contributed by atoms with Crippen molar-refractivity contribution in [3.63, 3.8) is 0 Å². The molecule has 3 rings (SSSR count). The molecule has 0 spiro atoms. The van der Waals surface area contributed by atoms with Crippen molar-refractivity contribution in [3.8, 4) is 0 Å². The summed E-state index contributed by atoms with van der Waals surface area (Å²) in [5, 5.41) is 12.2. The molecule has 2 N–H and O–H groups in total. The van der Waals surface area contributed by atoms with Crippen molar-refractivity contribution in [2.75, 3.05) is 5.32 Å². The molecule has 1 amide bonds. The molecule has 21 heavy (non-hydrogen) atoms. The minimum absolute atomic E-state index is 0.00472. The lowest BCUT2D eigenvalue weighted by Gasteiger charge is -2.24. The number of aliphatic carboxylic acids is 1. The van der Waals surface area contributed by atoms with Gasteiger partial charge in [0.05, 0.1) is 11.8 Å². The zero-order valence-corrected chi connectivity index (χ0v) is 13.1. The van der Waals surface area contributed by atoms with E-state index in [0.29, 0.717) is 5.69 Å². The monoisotopic (exact) mass is 349 g/mol. The van der Waals surface area contributed by atoms with Gasteiger partial charge >= 0.3 is 5.97 Å². The van der Waals surface area contributed by atoms with Crippen LogP contribution in [0.25, 0.3) is 0 Å². The third-order valence-corrected chi connectivity index (χ3v) is 5.36. The molecule has 4 nitrogen and oxygen atoms in total. The molecule has 1 aromatic rings. The van der Waals surface area contributed by atoms with Crippen LogP contribution >= 0.6 is 15.9 Å². The van der Waals surface area contributed by atoms with Crippen molar-refractivity contribution in [1.29, 1.82) is 0 Å². The van der Waals surface area contributed by atoms with Crippen LogP contribution in [0.15, 0.2) is 34.8 Å². The van der Waals surface area contributed by atoms with Gasteiger partial charge in [-0.2, -0.15) is 0 Å². The molecule has 4 atom stereocenters. The average Bonchev–Trinajstić information content (AvgIpc) is 3.03. The van der Waals surface area contributed by atoms with E-state index in [4.69, 9.17) is 0 Å². The van der Waals surface area contributed by atoms with Gasteiger partial charge in [-0.3, -0.25) is 9.59 Å². The first-order valence-corrected chi connectivity index (χ1v) is 7.75. The summed E-state index contributed by atoms with van der Waals surface area (Å²) in [6.07, 6.45) is 4.70. The Labute approximate surface area is 131 Å². The summed E-state index contributed by atoms with van der Waals surface area (Å²) in [4.78, 5) is 23.9. The highest BCUT2D eigenvalue weighted by molar-refractivity contribution is 9.10. The Morgan fingerprint density at radius 1 is 1.24 bits per heavy atom. The molecule has 0 radical (unpaired) electrons. The molecule has 1 fully saturated rings. The number of hydrogen-bond donors (Lipinski definition) is 2. The summed E-state index contributed by atoms with van der Waals surface area (Å²) in [6, 6.07) is 5.56. The molecule has 5 heteroatoms. The van der Waals surface area contributed by atoms with Crippen LogP contribution in [0.3, 0.4) is 0 Å². The molecular formula is C16H16BrNO3. The minimum Gasteiger partial charge on any atom is -0.481 e. The van der Waals surface area contributed by atoms with Crippen molar-refractivity contribution >= 4 is 33.5 Å². The van der Waals surface area contributed by atoms with Gasteiger partial charge in [-0.05, 0) is 48.9 Å². The number of halogens is 1.